The van der Waals surface area contributed by atoms with Crippen molar-refractivity contribution < 1.29 is 19.3 Å². The van der Waals surface area contributed by atoms with E-state index in [4.69, 9.17) is 14.5 Å². The zero-order chi connectivity index (χ0) is 12.3. The maximum atomic E-state index is 11.8. The zero-order valence-corrected chi connectivity index (χ0v) is 10.4. The molecular formula is C13H20O4. The molecule has 96 valence electrons. The van der Waals surface area contributed by atoms with Crippen molar-refractivity contribution in [2.45, 2.75) is 39.4 Å². The number of hydrogen-bond donors (Lipinski definition) is 0. The Morgan fingerprint density at radius 1 is 1.35 bits per heavy atom. The normalized spacial score (nSPS) is 31.8. The fraction of sp³-hybridized carbons (Fsp3) is 0.769. The van der Waals surface area contributed by atoms with Crippen LogP contribution < -0.4 is 0 Å². The first-order valence-corrected chi connectivity index (χ1v) is 6.41. The van der Waals surface area contributed by atoms with Crippen LogP contribution in [0.1, 0.15) is 33.1 Å². The minimum atomic E-state index is -0.446. The molecule has 0 aromatic carbocycles. The molecule has 4 heteroatoms. The number of carbonyl (C=O) groups excluding carboxylic acids is 1. The first-order chi connectivity index (χ1) is 8.24. The van der Waals surface area contributed by atoms with Gasteiger partial charge in [0.15, 0.2) is 0 Å². The van der Waals surface area contributed by atoms with E-state index in [2.05, 4.69) is 12.2 Å². The van der Waals surface area contributed by atoms with Gasteiger partial charge in [-0.25, -0.2) is 4.79 Å². The molecule has 0 heterocycles. The molecule has 1 saturated carbocycles. The van der Waals surface area contributed by atoms with Crippen molar-refractivity contribution >= 4 is 5.97 Å². The molecule has 0 spiro atoms. The summed E-state index contributed by atoms with van der Waals surface area (Å²) in [5.74, 6) is 0.638. The van der Waals surface area contributed by atoms with Crippen LogP contribution in [-0.2, 0) is 19.3 Å². The SMILES string of the molecule is CCOC(CC)OOC(=O)C1CC2C=CC1C2. The van der Waals surface area contributed by atoms with Crippen LogP contribution in [0, 0.1) is 17.8 Å². The molecule has 0 aromatic heterocycles. The molecule has 4 unspecified atom stereocenters. The molecule has 0 N–H and O–H groups in total. The minimum absolute atomic E-state index is 0.0240. The standard InChI is InChI=1S/C13H20O4/c1-3-12(15-4-2)16-17-13(14)11-8-9-5-6-10(11)7-9/h5-6,9-12H,3-4,7-8H2,1-2H3. The molecule has 0 aliphatic heterocycles. The second-order valence-corrected chi connectivity index (χ2v) is 4.68. The van der Waals surface area contributed by atoms with Crippen molar-refractivity contribution in [2.75, 3.05) is 6.61 Å². The first kappa shape index (κ1) is 12.6. The highest BCUT2D eigenvalue weighted by Gasteiger charge is 2.41. The van der Waals surface area contributed by atoms with Crippen molar-refractivity contribution in [1.82, 2.24) is 0 Å². The van der Waals surface area contributed by atoms with Crippen LogP contribution in [0.15, 0.2) is 12.2 Å². The van der Waals surface area contributed by atoms with Gasteiger partial charge in [-0.3, -0.25) is 4.89 Å². The lowest BCUT2D eigenvalue weighted by Crippen LogP contribution is -2.25. The van der Waals surface area contributed by atoms with Gasteiger partial charge >= 0.3 is 5.97 Å². The summed E-state index contributed by atoms with van der Waals surface area (Å²) >= 11 is 0. The van der Waals surface area contributed by atoms with E-state index >= 15 is 0 Å². The third-order valence-electron chi connectivity index (χ3n) is 3.51. The second-order valence-electron chi connectivity index (χ2n) is 4.68. The summed E-state index contributed by atoms with van der Waals surface area (Å²) in [6.07, 6.45) is 6.53. The Hall–Kier alpha value is -0.870. The van der Waals surface area contributed by atoms with Gasteiger partial charge in [-0.05, 0) is 38.0 Å². The summed E-state index contributed by atoms with van der Waals surface area (Å²) < 4.78 is 5.25. The van der Waals surface area contributed by atoms with Gasteiger partial charge in [-0.2, -0.15) is 4.89 Å². The summed E-state index contributed by atoms with van der Waals surface area (Å²) in [6.45, 7) is 4.36. The number of fused-ring (bicyclic) bond motifs is 2. The summed E-state index contributed by atoms with van der Waals surface area (Å²) in [4.78, 5) is 21.7. The van der Waals surface area contributed by atoms with Gasteiger partial charge in [0.25, 0.3) is 0 Å². The van der Waals surface area contributed by atoms with Crippen LogP contribution in [0.3, 0.4) is 0 Å². The number of hydrogen-bond acceptors (Lipinski definition) is 4. The van der Waals surface area contributed by atoms with Crippen molar-refractivity contribution in [3.8, 4) is 0 Å². The Labute approximate surface area is 102 Å². The lowest BCUT2D eigenvalue weighted by Gasteiger charge is -2.18. The number of rotatable bonds is 6. The number of allylic oxidation sites excluding steroid dienone is 2. The highest BCUT2D eigenvalue weighted by Crippen LogP contribution is 2.43. The smallest absolute Gasteiger partial charge is 0.346 e. The molecule has 0 aromatic rings. The fourth-order valence-electron chi connectivity index (χ4n) is 2.61. The van der Waals surface area contributed by atoms with E-state index in [1.807, 2.05) is 13.8 Å². The van der Waals surface area contributed by atoms with Crippen LogP contribution in [0.2, 0.25) is 0 Å². The molecule has 1 fully saturated rings. The van der Waals surface area contributed by atoms with Crippen LogP contribution in [0.5, 0.6) is 0 Å². The van der Waals surface area contributed by atoms with Gasteiger partial charge in [-0.1, -0.05) is 19.1 Å². The summed E-state index contributed by atoms with van der Waals surface area (Å²) in [5.41, 5.74) is 0. The zero-order valence-electron chi connectivity index (χ0n) is 10.4. The predicted molar refractivity (Wildman–Crippen MR) is 61.7 cm³/mol. The molecule has 0 radical (unpaired) electrons. The largest absolute Gasteiger partial charge is 0.349 e. The van der Waals surface area contributed by atoms with E-state index in [9.17, 15) is 4.79 Å². The molecule has 0 saturated heterocycles. The van der Waals surface area contributed by atoms with Gasteiger partial charge in [0.1, 0.15) is 0 Å². The molecule has 4 nitrogen and oxygen atoms in total. The van der Waals surface area contributed by atoms with E-state index in [1.54, 1.807) is 0 Å². The highest BCUT2D eigenvalue weighted by atomic mass is 17.2. The van der Waals surface area contributed by atoms with Crippen molar-refractivity contribution in [3.05, 3.63) is 12.2 Å². The summed E-state index contributed by atoms with van der Waals surface area (Å²) in [7, 11) is 0. The molecule has 2 aliphatic carbocycles. The summed E-state index contributed by atoms with van der Waals surface area (Å²) in [5, 5.41) is 0. The Balaban J connectivity index is 1.76. The van der Waals surface area contributed by atoms with Gasteiger partial charge in [0.05, 0.1) is 5.92 Å². The van der Waals surface area contributed by atoms with Crippen LogP contribution >= 0.6 is 0 Å². The van der Waals surface area contributed by atoms with Crippen molar-refractivity contribution in [2.24, 2.45) is 17.8 Å². The molecule has 2 rings (SSSR count). The van der Waals surface area contributed by atoms with E-state index in [0.717, 1.165) is 12.8 Å². The minimum Gasteiger partial charge on any atom is -0.349 e. The fourth-order valence-corrected chi connectivity index (χ4v) is 2.61. The first-order valence-electron chi connectivity index (χ1n) is 6.41. The lowest BCUT2D eigenvalue weighted by molar-refractivity contribution is -0.354. The van der Waals surface area contributed by atoms with E-state index in [-0.39, 0.29) is 11.9 Å². The van der Waals surface area contributed by atoms with Crippen LogP contribution in [0.4, 0.5) is 0 Å². The van der Waals surface area contributed by atoms with Gasteiger partial charge < -0.3 is 4.74 Å². The van der Waals surface area contributed by atoms with Crippen LogP contribution in [0.25, 0.3) is 0 Å². The molecule has 2 bridgehead atoms. The summed E-state index contributed by atoms with van der Waals surface area (Å²) in [6, 6.07) is 0. The third kappa shape index (κ3) is 2.87. The predicted octanol–water partition coefficient (Wildman–Crippen LogP) is 2.45. The van der Waals surface area contributed by atoms with E-state index < -0.39 is 6.29 Å². The van der Waals surface area contributed by atoms with Crippen LogP contribution in [-0.4, -0.2) is 18.9 Å². The Bertz CT molecular complexity index is 300. The average molecular weight is 240 g/mol. The molecule has 0 amide bonds. The third-order valence-corrected chi connectivity index (χ3v) is 3.51. The Morgan fingerprint density at radius 3 is 2.71 bits per heavy atom. The topological polar surface area (TPSA) is 44.8 Å². The monoisotopic (exact) mass is 240 g/mol. The lowest BCUT2D eigenvalue weighted by atomic mass is 9.94. The Morgan fingerprint density at radius 2 is 2.18 bits per heavy atom. The van der Waals surface area contributed by atoms with Crippen molar-refractivity contribution in [1.29, 1.82) is 0 Å². The highest BCUT2D eigenvalue weighted by molar-refractivity contribution is 5.73. The van der Waals surface area contributed by atoms with Gasteiger partial charge in [0.2, 0.25) is 6.29 Å². The van der Waals surface area contributed by atoms with E-state index in [0.29, 0.717) is 24.9 Å². The van der Waals surface area contributed by atoms with Crippen molar-refractivity contribution in [3.63, 3.8) is 0 Å². The molecule has 4 atom stereocenters. The quantitative estimate of drug-likeness (QED) is 0.309. The number of carbonyl (C=O) groups is 1. The molecule has 2 aliphatic rings. The van der Waals surface area contributed by atoms with E-state index in [1.165, 1.54) is 0 Å². The average Bonchev–Trinajstić information content (AvgIpc) is 2.96. The number of ether oxygens (including phenoxy) is 1. The maximum absolute atomic E-state index is 11.8. The molecular weight excluding hydrogens is 220 g/mol. The second kappa shape index (κ2) is 5.65. The Kier molecular flexibility index (Phi) is 4.18. The maximum Gasteiger partial charge on any atom is 0.346 e. The van der Waals surface area contributed by atoms with Gasteiger partial charge in [0, 0.05) is 6.61 Å². The molecule has 17 heavy (non-hydrogen) atoms. The van der Waals surface area contributed by atoms with Gasteiger partial charge in [-0.15, -0.1) is 0 Å².